The fraction of sp³-hybridized carbons (Fsp3) is 0.208. The average molecular weight is 374 g/mol. The van der Waals surface area contributed by atoms with Crippen LogP contribution in [0, 0.1) is 5.92 Å². The molecule has 2 atom stereocenters. The molecule has 0 aliphatic heterocycles. The van der Waals surface area contributed by atoms with E-state index in [-0.39, 0.29) is 11.8 Å². The predicted molar refractivity (Wildman–Crippen MR) is 107 cm³/mol. The van der Waals surface area contributed by atoms with Crippen LogP contribution in [-0.4, -0.2) is 25.3 Å². The van der Waals surface area contributed by atoms with Gasteiger partial charge in [0.1, 0.15) is 11.5 Å². The van der Waals surface area contributed by atoms with Gasteiger partial charge in [0.05, 0.1) is 20.1 Å². The zero-order chi connectivity index (χ0) is 19.7. The van der Waals surface area contributed by atoms with E-state index >= 15 is 0 Å². The lowest BCUT2D eigenvalue weighted by molar-refractivity contribution is -0.142. The summed E-state index contributed by atoms with van der Waals surface area (Å²) in [6.45, 7) is 0. The standard InChI is InChI=1S/C24H22O4/c1-27-17-11-7-15(8-12-17)21-19-5-3-4-6-20(19)22(23(21)24(25)26)16-9-13-18(28-2)14-10-16/h3-14,21-23H,1-2H3,(H,25,26). The van der Waals surface area contributed by atoms with E-state index in [1.807, 2.05) is 72.8 Å². The van der Waals surface area contributed by atoms with E-state index in [0.717, 1.165) is 33.8 Å². The van der Waals surface area contributed by atoms with Crippen molar-refractivity contribution in [3.05, 3.63) is 95.1 Å². The number of hydrogen-bond acceptors (Lipinski definition) is 3. The van der Waals surface area contributed by atoms with Gasteiger partial charge in [0, 0.05) is 11.8 Å². The summed E-state index contributed by atoms with van der Waals surface area (Å²) in [5, 5.41) is 10.2. The monoisotopic (exact) mass is 374 g/mol. The molecule has 4 heteroatoms. The van der Waals surface area contributed by atoms with Gasteiger partial charge >= 0.3 is 5.97 Å². The largest absolute Gasteiger partial charge is 0.497 e. The molecule has 4 nitrogen and oxygen atoms in total. The highest BCUT2D eigenvalue weighted by molar-refractivity contribution is 5.77. The fourth-order valence-corrected chi connectivity index (χ4v) is 4.34. The molecule has 0 heterocycles. The Morgan fingerprint density at radius 3 is 1.43 bits per heavy atom. The van der Waals surface area contributed by atoms with Gasteiger partial charge in [0.15, 0.2) is 0 Å². The summed E-state index contributed by atoms with van der Waals surface area (Å²) in [6, 6.07) is 23.4. The smallest absolute Gasteiger partial charge is 0.308 e. The number of methoxy groups -OCH3 is 2. The zero-order valence-electron chi connectivity index (χ0n) is 15.8. The van der Waals surface area contributed by atoms with Crippen LogP contribution in [0.2, 0.25) is 0 Å². The molecule has 0 bridgehead atoms. The number of hydrogen-bond donors (Lipinski definition) is 1. The Hall–Kier alpha value is -3.27. The van der Waals surface area contributed by atoms with Crippen molar-refractivity contribution in [2.24, 2.45) is 5.92 Å². The van der Waals surface area contributed by atoms with E-state index in [4.69, 9.17) is 9.47 Å². The lowest BCUT2D eigenvalue weighted by Crippen LogP contribution is -2.23. The molecule has 142 valence electrons. The maximum Gasteiger partial charge on any atom is 0.308 e. The third kappa shape index (κ3) is 3.01. The van der Waals surface area contributed by atoms with Crippen LogP contribution in [-0.2, 0) is 4.79 Å². The van der Waals surface area contributed by atoms with E-state index in [1.165, 1.54) is 0 Å². The molecule has 0 saturated heterocycles. The Morgan fingerprint density at radius 2 is 1.11 bits per heavy atom. The number of ether oxygens (including phenoxy) is 2. The average Bonchev–Trinajstić information content (AvgIpc) is 3.09. The first-order chi connectivity index (χ1) is 13.6. The molecule has 0 aromatic heterocycles. The van der Waals surface area contributed by atoms with Gasteiger partial charge in [0.25, 0.3) is 0 Å². The van der Waals surface area contributed by atoms with E-state index in [1.54, 1.807) is 14.2 Å². The molecule has 1 N–H and O–H groups in total. The van der Waals surface area contributed by atoms with Crippen LogP contribution >= 0.6 is 0 Å². The number of benzene rings is 3. The first kappa shape index (κ1) is 18.1. The second-order valence-corrected chi connectivity index (χ2v) is 6.99. The number of aliphatic carboxylic acids is 1. The van der Waals surface area contributed by atoms with Crippen molar-refractivity contribution < 1.29 is 19.4 Å². The lowest BCUT2D eigenvalue weighted by atomic mass is 9.79. The Balaban J connectivity index is 1.85. The third-order valence-corrected chi connectivity index (χ3v) is 5.62. The topological polar surface area (TPSA) is 55.8 Å². The molecular weight excluding hydrogens is 352 g/mol. The summed E-state index contributed by atoms with van der Waals surface area (Å²) in [4.78, 5) is 12.4. The summed E-state index contributed by atoms with van der Waals surface area (Å²) >= 11 is 0. The van der Waals surface area contributed by atoms with Crippen molar-refractivity contribution >= 4 is 5.97 Å². The first-order valence-electron chi connectivity index (χ1n) is 9.23. The van der Waals surface area contributed by atoms with Crippen molar-refractivity contribution in [2.45, 2.75) is 11.8 Å². The van der Waals surface area contributed by atoms with Gasteiger partial charge in [-0.3, -0.25) is 4.79 Å². The second kappa shape index (κ2) is 7.39. The van der Waals surface area contributed by atoms with Crippen molar-refractivity contribution in [3.8, 4) is 11.5 Å². The Bertz CT molecular complexity index is 902. The Labute approximate surface area is 164 Å². The van der Waals surface area contributed by atoms with Crippen LogP contribution < -0.4 is 9.47 Å². The molecule has 1 aliphatic rings. The highest BCUT2D eigenvalue weighted by Crippen LogP contribution is 2.52. The highest BCUT2D eigenvalue weighted by Gasteiger charge is 2.46. The third-order valence-electron chi connectivity index (χ3n) is 5.62. The van der Waals surface area contributed by atoms with Gasteiger partial charge in [-0.2, -0.15) is 0 Å². The second-order valence-electron chi connectivity index (χ2n) is 6.99. The van der Waals surface area contributed by atoms with Crippen molar-refractivity contribution in [2.75, 3.05) is 14.2 Å². The number of carboxylic acids is 1. The van der Waals surface area contributed by atoms with Crippen LogP contribution in [0.1, 0.15) is 34.1 Å². The molecule has 0 radical (unpaired) electrons. The van der Waals surface area contributed by atoms with E-state index < -0.39 is 11.9 Å². The number of carboxylic acid groups (broad SMARTS) is 1. The van der Waals surface area contributed by atoms with Gasteiger partial charge in [-0.1, -0.05) is 48.5 Å². The van der Waals surface area contributed by atoms with Gasteiger partial charge in [-0.05, 0) is 46.5 Å². The van der Waals surface area contributed by atoms with Gasteiger partial charge < -0.3 is 14.6 Å². The molecule has 0 spiro atoms. The molecule has 2 unspecified atom stereocenters. The fourth-order valence-electron chi connectivity index (χ4n) is 4.34. The van der Waals surface area contributed by atoms with Crippen LogP contribution in [0.3, 0.4) is 0 Å². The minimum atomic E-state index is -0.794. The van der Waals surface area contributed by atoms with E-state index in [9.17, 15) is 9.90 Å². The first-order valence-corrected chi connectivity index (χ1v) is 9.23. The molecule has 3 aromatic carbocycles. The van der Waals surface area contributed by atoms with Gasteiger partial charge in [0.2, 0.25) is 0 Å². The summed E-state index contributed by atoms with van der Waals surface area (Å²) < 4.78 is 10.5. The number of carbonyl (C=O) groups is 1. The summed E-state index contributed by atoms with van der Waals surface area (Å²) in [5.41, 5.74) is 4.11. The minimum absolute atomic E-state index is 0.216. The van der Waals surface area contributed by atoms with Crippen molar-refractivity contribution in [1.29, 1.82) is 0 Å². The van der Waals surface area contributed by atoms with E-state index in [2.05, 4.69) is 0 Å². The molecule has 3 aromatic rings. The van der Waals surface area contributed by atoms with Crippen LogP contribution in [0.25, 0.3) is 0 Å². The van der Waals surface area contributed by atoms with Crippen LogP contribution in [0.4, 0.5) is 0 Å². The molecule has 28 heavy (non-hydrogen) atoms. The molecule has 4 rings (SSSR count). The summed E-state index contributed by atoms with van der Waals surface area (Å²) in [6.07, 6.45) is 0. The molecule has 0 amide bonds. The maximum absolute atomic E-state index is 12.4. The normalized spacial score (nSPS) is 20.4. The van der Waals surface area contributed by atoms with E-state index in [0.29, 0.717) is 0 Å². The Morgan fingerprint density at radius 1 is 0.714 bits per heavy atom. The van der Waals surface area contributed by atoms with Crippen molar-refractivity contribution in [1.82, 2.24) is 0 Å². The number of rotatable bonds is 5. The summed E-state index contributed by atoms with van der Waals surface area (Å²) in [5.74, 6) is -0.294. The van der Waals surface area contributed by atoms with Crippen molar-refractivity contribution in [3.63, 3.8) is 0 Å². The summed E-state index contributed by atoms with van der Waals surface area (Å²) in [7, 11) is 3.25. The van der Waals surface area contributed by atoms with Crippen LogP contribution in [0.5, 0.6) is 11.5 Å². The quantitative estimate of drug-likeness (QED) is 0.704. The molecule has 1 aliphatic carbocycles. The highest BCUT2D eigenvalue weighted by atomic mass is 16.5. The lowest BCUT2D eigenvalue weighted by Gasteiger charge is -2.23. The molecule has 0 fully saturated rings. The molecule has 0 saturated carbocycles. The Kier molecular flexibility index (Phi) is 4.78. The SMILES string of the molecule is COc1ccc(C2c3ccccc3C(c3ccc(OC)cc3)C2C(=O)O)cc1. The van der Waals surface area contributed by atoms with Crippen LogP contribution in [0.15, 0.2) is 72.8 Å². The minimum Gasteiger partial charge on any atom is -0.497 e. The number of fused-ring (bicyclic) bond motifs is 1. The van der Waals surface area contributed by atoms with Gasteiger partial charge in [-0.25, -0.2) is 0 Å². The molecular formula is C24H22O4. The van der Waals surface area contributed by atoms with Gasteiger partial charge in [-0.15, -0.1) is 0 Å². The zero-order valence-corrected chi connectivity index (χ0v) is 15.8. The maximum atomic E-state index is 12.4. The predicted octanol–water partition coefficient (Wildman–Crippen LogP) is 4.68.